The Morgan fingerprint density at radius 2 is 1.86 bits per heavy atom. The quantitative estimate of drug-likeness (QED) is 0.802. The highest BCUT2D eigenvalue weighted by molar-refractivity contribution is 7.92. The summed E-state index contributed by atoms with van der Waals surface area (Å²) < 4.78 is 27.4. The van der Waals surface area contributed by atoms with Gasteiger partial charge in [0.1, 0.15) is 10.7 Å². The van der Waals surface area contributed by atoms with Crippen LogP contribution >= 0.6 is 0 Å². The van der Waals surface area contributed by atoms with E-state index in [1.165, 1.54) is 17.4 Å². The van der Waals surface area contributed by atoms with E-state index in [2.05, 4.69) is 15.2 Å². The van der Waals surface area contributed by atoms with Gasteiger partial charge < -0.3 is 10.2 Å². The number of nitrogens with one attached hydrogen (secondary N) is 1. The van der Waals surface area contributed by atoms with Crippen molar-refractivity contribution in [2.24, 2.45) is 0 Å². The van der Waals surface area contributed by atoms with E-state index in [0.717, 1.165) is 31.7 Å². The van der Waals surface area contributed by atoms with Crippen LogP contribution in [0.25, 0.3) is 0 Å². The summed E-state index contributed by atoms with van der Waals surface area (Å²) in [4.78, 5) is 17.9. The van der Waals surface area contributed by atoms with E-state index in [9.17, 15) is 13.2 Å². The molecule has 1 N–H and O–H groups in total. The maximum Gasteiger partial charge on any atom is 0.265 e. The van der Waals surface area contributed by atoms with Crippen LogP contribution in [-0.2, 0) is 14.8 Å². The molecule has 1 saturated heterocycles. The van der Waals surface area contributed by atoms with E-state index in [1.807, 2.05) is 25.1 Å². The fourth-order valence-electron chi connectivity index (χ4n) is 3.47. The van der Waals surface area contributed by atoms with E-state index < -0.39 is 10.0 Å². The third-order valence-electron chi connectivity index (χ3n) is 4.87. The molecule has 1 aliphatic heterocycles. The zero-order valence-corrected chi connectivity index (χ0v) is 17.0. The van der Waals surface area contributed by atoms with Gasteiger partial charge in [0.05, 0.1) is 5.69 Å². The molecule has 0 aliphatic carbocycles. The van der Waals surface area contributed by atoms with Crippen molar-refractivity contribution in [3.63, 3.8) is 0 Å². The van der Waals surface area contributed by atoms with Gasteiger partial charge in [-0.1, -0.05) is 18.2 Å². The molecule has 28 heavy (non-hydrogen) atoms. The molecule has 7 nitrogen and oxygen atoms in total. The maximum absolute atomic E-state index is 13.0. The van der Waals surface area contributed by atoms with Crippen molar-refractivity contribution in [1.82, 2.24) is 10.3 Å². The number of aromatic nitrogens is 1. The Balaban J connectivity index is 1.72. The van der Waals surface area contributed by atoms with Gasteiger partial charge in [0.15, 0.2) is 0 Å². The molecule has 0 saturated carbocycles. The Hall–Kier alpha value is -2.61. The largest absolute Gasteiger partial charge is 0.356 e. The number of amides is 1. The van der Waals surface area contributed by atoms with Crippen LogP contribution in [0.3, 0.4) is 0 Å². The number of hydrogen-bond acceptors (Lipinski definition) is 5. The second-order valence-corrected chi connectivity index (χ2v) is 8.68. The Morgan fingerprint density at radius 1 is 1.18 bits per heavy atom. The van der Waals surface area contributed by atoms with E-state index in [0.29, 0.717) is 12.2 Å². The fraction of sp³-hybridized carbons (Fsp3) is 0.400. The molecular formula is C20H26N4O3S. The van der Waals surface area contributed by atoms with Gasteiger partial charge in [-0.25, -0.2) is 13.4 Å². The molecule has 8 heteroatoms. The molecule has 1 amide bonds. The number of piperidine rings is 1. The van der Waals surface area contributed by atoms with Gasteiger partial charge in [0.2, 0.25) is 5.91 Å². The molecule has 0 spiro atoms. The lowest BCUT2D eigenvalue weighted by Gasteiger charge is -2.33. The molecule has 0 radical (unpaired) electrons. The second-order valence-electron chi connectivity index (χ2n) is 6.82. The number of anilines is 2. The summed E-state index contributed by atoms with van der Waals surface area (Å²) in [6.07, 6.45) is 3.12. The molecule has 0 atom stereocenters. The van der Waals surface area contributed by atoms with Crippen molar-refractivity contribution in [2.45, 2.75) is 37.6 Å². The molecule has 3 rings (SSSR count). The highest BCUT2D eigenvalue weighted by atomic mass is 32.2. The van der Waals surface area contributed by atoms with Crippen LogP contribution in [-0.4, -0.2) is 45.0 Å². The molecule has 1 fully saturated rings. The Kier molecular flexibility index (Phi) is 6.18. The zero-order valence-electron chi connectivity index (χ0n) is 16.2. The summed E-state index contributed by atoms with van der Waals surface area (Å²) in [5.74, 6) is 0.744. The summed E-state index contributed by atoms with van der Waals surface area (Å²) in [7, 11) is -3.67. The van der Waals surface area contributed by atoms with Crippen LogP contribution < -0.4 is 14.5 Å². The third-order valence-corrected chi connectivity index (χ3v) is 6.75. The molecule has 1 aromatic carbocycles. The summed E-state index contributed by atoms with van der Waals surface area (Å²) in [6, 6.07) is 12.6. The van der Waals surface area contributed by atoms with Gasteiger partial charge in [-0.3, -0.25) is 9.10 Å². The first-order valence-electron chi connectivity index (χ1n) is 9.47. The number of nitrogens with zero attached hydrogens (tertiary/aromatic N) is 3. The first kappa shape index (κ1) is 20.1. The number of sulfonamides is 1. The number of benzene rings is 1. The number of carbonyl (C=O) groups is 1. The predicted molar refractivity (Wildman–Crippen MR) is 110 cm³/mol. The van der Waals surface area contributed by atoms with Gasteiger partial charge in [0, 0.05) is 38.8 Å². The van der Waals surface area contributed by atoms with E-state index in [-0.39, 0.29) is 16.8 Å². The molecule has 1 aliphatic rings. The first-order chi connectivity index (χ1) is 13.4. The number of hydrogen-bond donors (Lipinski definition) is 1. The highest BCUT2D eigenvalue weighted by Crippen LogP contribution is 2.25. The lowest BCUT2D eigenvalue weighted by molar-refractivity contribution is -0.119. The minimum Gasteiger partial charge on any atom is -0.356 e. The summed E-state index contributed by atoms with van der Waals surface area (Å²) >= 11 is 0. The topological polar surface area (TPSA) is 82.6 Å². The van der Waals surface area contributed by atoms with Gasteiger partial charge in [-0.05, 0) is 44.0 Å². The number of carbonyl (C=O) groups excluding carboxylic acids is 1. The lowest BCUT2D eigenvalue weighted by Crippen LogP contribution is -2.44. The maximum atomic E-state index is 13.0. The van der Waals surface area contributed by atoms with Crippen LogP contribution in [0.1, 0.15) is 26.7 Å². The van der Waals surface area contributed by atoms with Crippen LogP contribution in [0, 0.1) is 0 Å². The zero-order chi connectivity index (χ0) is 20.1. The fourth-order valence-corrected chi connectivity index (χ4v) is 4.88. The third kappa shape index (κ3) is 4.44. The smallest absolute Gasteiger partial charge is 0.265 e. The van der Waals surface area contributed by atoms with Crippen LogP contribution in [0.5, 0.6) is 0 Å². The molecule has 0 unspecified atom stereocenters. The normalized spacial score (nSPS) is 15.3. The Labute approximate surface area is 166 Å². The minimum absolute atomic E-state index is 0.00923. The molecule has 2 aromatic rings. The van der Waals surface area contributed by atoms with E-state index in [1.54, 1.807) is 24.3 Å². The number of rotatable bonds is 6. The summed E-state index contributed by atoms with van der Waals surface area (Å²) in [6.45, 7) is 5.22. The van der Waals surface area contributed by atoms with Crippen molar-refractivity contribution < 1.29 is 13.2 Å². The number of pyridine rings is 1. The van der Waals surface area contributed by atoms with Gasteiger partial charge in [-0.15, -0.1) is 0 Å². The molecule has 2 heterocycles. The lowest BCUT2D eigenvalue weighted by atomic mass is 10.1. The molecule has 1 aromatic heterocycles. The van der Waals surface area contributed by atoms with Crippen LogP contribution in [0.2, 0.25) is 0 Å². The van der Waals surface area contributed by atoms with Crippen molar-refractivity contribution >= 4 is 27.4 Å². The molecule has 0 bridgehead atoms. The Bertz CT molecular complexity index is 893. The predicted octanol–water partition coefficient (Wildman–Crippen LogP) is 2.40. The second kappa shape index (κ2) is 8.60. The standard InChI is InChI=1S/C20H26N4O3S/c1-3-24(18-7-5-4-6-8-18)28(26,27)19-9-10-20(21-15-19)23-13-11-17(12-14-23)22-16(2)25/h4-10,15,17H,3,11-14H2,1-2H3,(H,22,25). The van der Waals surface area contributed by atoms with Crippen molar-refractivity contribution in [3.8, 4) is 0 Å². The first-order valence-corrected chi connectivity index (χ1v) is 10.9. The monoisotopic (exact) mass is 402 g/mol. The van der Waals surface area contributed by atoms with E-state index >= 15 is 0 Å². The number of para-hydroxylation sites is 1. The highest BCUT2D eigenvalue weighted by Gasteiger charge is 2.25. The van der Waals surface area contributed by atoms with Crippen molar-refractivity contribution in [3.05, 3.63) is 48.7 Å². The molecular weight excluding hydrogens is 376 g/mol. The minimum atomic E-state index is -3.67. The average Bonchev–Trinajstić information content (AvgIpc) is 2.69. The summed E-state index contributed by atoms with van der Waals surface area (Å²) in [5.41, 5.74) is 0.633. The van der Waals surface area contributed by atoms with Crippen LogP contribution in [0.15, 0.2) is 53.6 Å². The van der Waals surface area contributed by atoms with Gasteiger partial charge >= 0.3 is 0 Å². The van der Waals surface area contributed by atoms with Crippen molar-refractivity contribution in [2.75, 3.05) is 28.8 Å². The molecule has 150 valence electrons. The average molecular weight is 403 g/mol. The SMILES string of the molecule is CCN(c1ccccc1)S(=O)(=O)c1ccc(N2CCC(NC(C)=O)CC2)nc1. The van der Waals surface area contributed by atoms with E-state index in [4.69, 9.17) is 0 Å². The van der Waals surface area contributed by atoms with Crippen LogP contribution in [0.4, 0.5) is 11.5 Å². The van der Waals surface area contributed by atoms with Gasteiger partial charge in [-0.2, -0.15) is 0 Å². The summed E-state index contributed by atoms with van der Waals surface area (Å²) in [5, 5.41) is 2.95. The Morgan fingerprint density at radius 3 is 2.39 bits per heavy atom. The van der Waals surface area contributed by atoms with Gasteiger partial charge in [0.25, 0.3) is 10.0 Å². The van der Waals surface area contributed by atoms with Crippen molar-refractivity contribution in [1.29, 1.82) is 0 Å².